The van der Waals surface area contributed by atoms with E-state index in [1.54, 1.807) is 12.3 Å². The number of benzene rings is 3. The summed E-state index contributed by atoms with van der Waals surface area (Å²) >= 11 is 6.93. The number of halogens is 2. The van der Waals surface area contributed by atoms with Crippen molar-refractivity contribution >= 4 is 49.0 Å². The van der Waals surface area contributed by atoms with Crippen molar-refractivity contribution in [2.24, 2.45) is 5.10 Å². The number of nitrogens with zero attached hydrogens (tertiary/aromatic N) is 3. The molecule has 6 nitrogen and oxygen atoms in total. The van der Waals surface area contributed by atoms with Gasteiger partial charge in [-0.1, -0.05) is 63.9 Å². The maximum atomic E-state index is 13.5. The van der Waals surface area contributed by atoms with Gasteiger partial charge in [-0.15, -0.1) is 6.58 Å². The molecule has 0 saturated carbocycles. The highest BCUT2D eigenvalue weighted by molar-refractivity contribution is 9.10. The molecule has 0 spiro atoms. The zero-order valence-corrected chi connectivity index (χ0v) is 25.5. The van der Waals surface area contributed by atoms with Crippen LogP contribution < -0.4 is 15.0 Å². The van der Waals surface area contributed by atoms with Gasteiger partial charge in [-0.05, 0) is 73.4 Å². The molecule has 0 N–H and O–H groups in total. The Kier molecular flexibility index (Phi) is 9.75. The Bertz CT molecular complexity index is 1560. The quantitative estimate of drug-likeness (QED) is 0.122. The van der Waals surface area contributed by atoms with Gasteiger partial charge in [0.25, 0.3) is 5.56 Å². The Morgan fingerprint density at radius 1 is 1.05 bits per heavy atom. The van der Waals surface area contributed by atoms with Crippen molar-refractivity contribution in [3.05, 3.63) is 109 Å². The monoisotopic (exact) mass is 651 g/mol. The summed E-state index contributed by atoms with van der Waals surface area (Å²) in [5, 5.41) is 5.14. The number of rotatable bonds is 11. The van der Waals surface area contributed by atoms with Crippen LogP contribution in [0.5, 0.6) is 11.5 Å². The predicted octanol–water partition coefficient (Wildman–Crippen LogP) is 8.02. The van der Waals surface area contributed by atoms with Crippen LogP contribution in [0.2, 0.25) is 0 Å². The summed E-state index contributed by atoms with van der Waals surface area (Å²) in [5.74, 6) is 1.96. The molecular weight excluding hydrogens is 622 g/mol. The molecule has 0 unspecified atom stereocenters. The van der Waals surface area contributed by atoms with Gasteiger partial charge < -0.3 is 9.47 Å². The SMILES string of the molecule is C=CCc1cc(C=Nn2c([C@@H](C)CC)nc3ccc(Br)cc3c2=O)cc(OCC)c1OCc1ccc(Br)cc1. The molecule has 39 heavy (non-hydrogen) atoms. The van der Waals surface area contributed by atoms with Crippen LogP contribution >= 0.6 is 31.9 Å². The molecule has 0 bridgehead atoms. The van der Waals surface area contributed by atoms with Crippen LogP contribution in [-0.4, -0.2) is 22.5 Å². The van der Waals surface area contributed by atoms with E-state index in [1.165, 1.54) is 4.68 Å². The normalized spacial score (nSPS) is 12.1. The molecule has 0 fully saturated rings. The van der Waals surface area contributed by atoms with E-state index >= 15 is 0 Å². The van der Waals surface area contributed by atoms with E-state index in [4.69, 9.17) is 14.5 Å². The fourth-order valence-electron chi connectivity index (χ4n) is 4.13. The lowest BCUT2D eigenvalue weighted by molar-refractivity contribution is 0.267. The van der Waals surface area contributed by atoms with Crippen LogP contribution in [0.3, 0.4) is 0 Å². The topological polar surface area (TPSA) is 65.7 Å². The third kappa shape index (κ3) is 6.86. The maximum Gasteiger partial charge on any atom is 0.282 e. The van der Waals surface area contributed by atoms with E-state index in [9.17, 15) is 4.79 Å². The number of allylic oxidation sites excluding steroid dienone is 1. The summed E-state index contributed by atoms with van der Waals surface area (Å²) in [6.07, 6.45) is 4.91. The third-order valence-corrected chi connectivity index (χ3v) is 7.35. The van der Waals surface area contributed by atoms with Gasteiger partial charge in [0, 0.05) is 20.4 Å². The number of ether oxygens (including phenoxy) is 2. The molecule has 0 saturated heterocycles. The van der Waals surface area contributed by atoms with Gasteiger partial charge in [-0.3, -0.25) is 4.79 Å². The van der Waals surface area contributed by atoms with Crippen molar-refractivity contribution in [1.29, 1.82) is 0 Å². The summed E-state index contributed by atoms with van der Waals surface area (Å²) in [6, 6.07) is 17.4. The van der Waals surface area contributed by atoms with Gasteiger partial charge in [0.15, 0.2) is 11.5 Å². The summed E-state index contributed by atoms with van der Waals surface area (Å²) in [6.45, 7) is 10.8. The minimum atomic E-state index is -0.210. The number of hydrogen-bond donors (Lipinski definition) is 0. The molecule has 0 aliphatic carbocycles. The molecule has 0 amide bonds. The number of hydrogen-bond acceptors (Lipinski definition) is 5. The molecule has 3 aromatic carbocycles. The van der Waals surface area contributed by atoms with Crippen molar-refractivity contribution in [3.63, 3.8) is 0 Å². The first kappa shape index (κ1) is 28.8. The zero-order chi connectivity index (χ0) is 27.9. The van der Waals surface area contributed by atoms with E-state index in [0.717, 1.165) is 32.1 Å². The molecule has 8 heteroatoms. The number of aromatic nitrogens is 2. The molecule has 0 radical (unpaired) electrons. The van der Waals surface area contributed by atoms with Crippen molar-refractivity contribution in [2.45, 2.75) is 46.1 Å². The zero-order valence-electron chi connectivity index (χ0n) is 22.3. The summed E-state index contributed by atoms with van der Waals surface area (Å²) in [7, 11) is 0. The minimum Gasteiger partial charge on any atom is -0.490 e. The third-order valence-electron chi connectivity index (χ3n) is 6.32. The van der Waals surface area contributed by atoms with Crippen LogP contribution in [-0.2, 0) is 13.0 Å². The lowest BCUT2D eigenvalue weighted by Crippen LogP contribution is -2.23. The molecule has 0 aliphatic heterocycles. The smallest absolute Gasteiger partial charge is 0.282 e. The van der Waals surface area contributed by atoms with Gasteiger partial charge in [0.05, 0.1) is 23.7 Å². The first-order chi connectivity index (χ1) is 18.8. The Morgan fingerprint density at radius 3 is 2.49 bits per heavy atom. The lowest BCUT2D eigenvalue weighted by atomic mass is 10.1. The maximum absolute atomic E-state index is 13.5. The van der Waals surface area contributed by atoms with Crippen LogP contribution in [0.4, 0.5) is 0 Å². The van der Waals surface area contributed by atoms with Crippen LogP contribution in [0.25, 0.3) is 10.9 Å². The molecule has 202 valence electrons. The summed E-state index contributed by atoms with van der Waals surface area (Å²) in [5.41, 5.74) is 3.19. The van der Waals surface area contributed by atoms with E-state index in [-0.39, 0.29) is 11.5 Å². The van der Waals surface area contributed by atoms with Crippen molar-refractivity contribution in [1.82, 2.24) is 9.66 Å². The highest BCUT2D eigenvalue weighted by atomic mass is 79.9. The highest BCUT2D eigenvalue weighted by Gasteiger charge is 2.17. The van der Waals surface area contributed by atoms with Crippen LogP contribution in [0.1, 0.15) is 55.6 Å². The fourth-order valence-corrected chi connectivity index (χ4v) is 4.76. The fraction of sp³-hybridized carbons (Fsp3) is 0.258. The molecule has 4 aromatic rings. The Morgan fingerprint density at radius 2 is 1.79 bits per heavy atom. The van der Waals surface area contributed by atoms with Crippen LogP contribution in [0, 0.1) is 0 Å². The summed E-state index contributed by atoms with van der Waals surface area (Å²) in [4.78, 5) is 18.3. The van der Waals surface area contributed by atoms with E-state index in [1.807, 2.05) is 68.5 Å². The van der Waals surface area contributed by atoms with Gasteiger partial charge in [0.2, 0.25) is 0 Å². The molecule has 1 atom stereocenters. The predicted molar refractivity (Wildman–Crippen MR) is 165 cm³/mol. The molecule has 1 aromatic heterocycles. The van der Waals surface area contributed by atoms with Crippen molar-refractivity contribution in [2.75, 3.05) is 6.61 Å². The van der Waals surface area contributed by atoms with Crippen LogP contribution in [0.15, 0.2) is 86.1 Å². The minimum absolute atomic E-state index is 0.0487. The Labute approximate surface area is 245 Å². The van der Waals surface area contributed by atoms with Gasteiger partial charge in [-0.2, -0.15) is 9.78 Å². The molecule has 4 rings (SSSR count). The first-order valence-corrected chi connectivity index (χ1v) is 14.5. The van der Waals surface area contributed by atoms with E-state index in [2.05, 4.69) is 50.5 Å². The van der Waals surface area contributed by atoms with Crippen molar-refractivity contribution < 1.29 is 9.47 Å². The van der Waals surface area contributed by atoms with E-state index in [0.29, 0.717) is 47.9 Å². The average Bonchev–Trinajstić information content (AvgIpc) is 2.93. The largest absolute Gasteiger partial charge is 0.490 e. The first-order valence-electron chi connectivity index (χ1n) is 12.9. The second-order valence-electron chi connectivity index (χ2n) is 9.15. The molecular formula is C31H31Br2N3O3. The lowest BCUT2D eigenvalue weighted by Gasteiger charge is -2.17. The van der Waals surface area contributed by atoms with E-state index < -0.39 is 0 Å². The van der Waals surface area contributed by atoms with Gasteiger partial charge in [-0.25, -0.2) is 4.98 Å². The second kappa shape index (κ2) is 13.2. The Hall–Kier alpha value is -3.23. The number of fused-ring (bicyclic) bond motifs is 1. The molecule has 0 aliphatic rings. The summed E-state index contributed by atoms with van der Waals surface area (Å²) < 4.78 is 15.5. The second-order valence-corrected chi connectivity index (χ2v) is 11.0. The van der Waals surface area contributed by atoms with Crippen molar-refractivity contribution in [3.8, 4) is 11.5 Å². The molecule has 1 heterocycles. The van der Waals surface area contributed by atoms with Gasteiger partial charge in [0.1, 0.15) is 12.4 Å². The average molecular weight is 653 g/mol. The standard InChI is InChI=1S/C31H31Br2N3O3/c1-5-8-23-15-22(16-28(38-7-3)29(23)39-19-21-9-11-24(32)12-10-21)18-34-36-30(20(4)6-2)35-27-14-13-25(33)17-26(27)31(36)37/h5,9-18,20H,1,6-8,19H2,2-4H3/t20-/m0/s1. The van der Waals surface area contributed by atoms with Gasteiger partial charge >= 0.3 is 0 Å². The Balaban J connectivity index is 1.76. The highest BCUT2D eigenvalue weighted by Crippen LogP contribution is 2.34.